The van der Waals surface area contributed by atoms with Crippen molar-refractivity contribution in [2.24, 2.45) is 0 Å². The molecule has 4 rings (SSSR count). The summed E-state index contributed by atoms with van der Waals surface area (Å²) < 4.78 is 40.7. The molecule has 0 radical (unpaired) electrons. The number of amides is 2. The molecule has 31 heavy (non-hydrogen) atoms. The Balaban J connectivity index is 2.02. The molecule has 1 aromatic heterocycles. The van der Waals surface area contributed by atoms with Gasteiger partial charge in [-0.3, -0.25) is 14.5 Å². The van der Waals surface area contributed by atoms with Crippen molar-refractivity contribution < 1.29 is 22.8 Å². The highest BCUT2D eigenvalue weighted by molar-refractivity contribution is 6.26. The summed E-state index contributed by atoms with van der Waals surface area (Å²) in [5, 5.41) is 4.15. The van der Waals surface area contributed by atoms with Gasteiger partial charge in [0.2, 0.25) is 0 Å². The van der Waals surface area contributed by atoms with Crippen LogP contribution >= 0.6 is 0 Å². The Labute approximate surface area is 176 Å². The quantitative estimate of drug-likeness (QED) is 0.560. The highest BCUT2D eigenvalue weighted by Crippen LogP contribution is 2.40. The Morgan fingerprint density at radius 2 is 1.61 bits per heavy atom. The van der Waals surface area contributed by atoms with E-state index >= 15 is 0 Å². The first-order valence-electron chi connectivity index (χ1n) is 9.63. The third-order valence-electron chi connectivity index (χ3n) is 5.07. The van der Waals surface area contributed by atoms with Crippen LogP contribution in [0.5, 0.6) is 0 Å². The molecule has 2 heterocycles. The van der Waals surface area contributed by atoms with E-state index in [-0.39, 0.29) is 16.8 Å². The molecule has 1 aliphatic rings. The van der Waals surface area contributed by atoms with Gasteiger partial charge in [0, 0.05) is 23.4 Å². The van der Waals surface area contributed by atoms with Crippen molar-refractivity contribution in [3.8, 4) is 11.1 Å². The largest absolute Gasteiger partial charge is 0.417 e. The number of benzene rings is 2. The molecule has 0 saturated heterocycles. The maximum atomic E-state index is 13.6. The summed E-state index contributed by atoms with van der Waals surface area (Å²) in [4.78, 5) is 30.6. The van der Waals surface area contributed by atoms with Crippen LogP contribution in [0.25, 0.3) is 21.9 Å². The molecule has 1 N–H and O–H groups in total. The number of nitrogens with one attached hydrogen (secondary N) is 1. The molecule has 2 amide bonds. The average Bonchev–Trinajstić information content (AvgIpc) is 2.90. The molecule has 8 heteroatoms. The number of alkyl halides is 3. The highest BCUT2D eigenvalue weighted by atomic mass is 19.4. The van der Waals surface area contributed by atoms with E-state index in [1.54, 1.807) is 18.2 Å². The summed E-state index contributed by atoms with van der Waals surface area (Å²) in [7, 11) is 1.38. The molecule has 0 atom stereocenters. The Bertz CT molecular complexity index is 1240. The molecule has 0 spiro atoms. The molecule has 0 aliphatic carbocycles. The van der Waals surface area contributed by atoms with Gasteiger partial charge in [-0.05, 0) is 44.0 Å². The fourth-order valence-corrected chi connectivity index (χ4v) is 3.70. The second-order valence-corrected chi connectivity index (χ2v) is 8.53. The van der Waals surface area contributed by atoms with Crippen molar-refractivity contribution in [1.82, 2.24) is 9.88 Å². The highest BCUT2D eigenvalue weighted by Gasteiger charge is 2.38. The van der Waals surface area contributed by atoms with E-state index in [0.29, 0.717) is 22.2 Å². The maximum absolute atomic E-state index is 13.6. The molecular formula is C23H20F3N3O2. The Kier molecular flexibility index (Phi) is 4.57. The number of hydrogen-bond acceptors (Lipinski definition) is 4. The van der Waals surface area contributed by atoms with E-state index in [1.165, 1.54) is 25.2 Å². The van der Waals surface area contributed by atoms with E-state index in [9.17, 15) is 22.8 Å². The number of fused-ring (bicyclic) bond motifs is 3. The summed E-state index contributed by atoms with van der Waals surface area (Å²) >= 11 is 0. The van der Waals surface area contributed by atoms with Crippen LogP contribution < -0.4 is 5.32 Å². The summed E-state index contributed by atoms with van der Waals surface area (Å²) in [6.07, 6.45) is -4.51. The number of carbonyl (C=O) groups excluding carboxylic acids is 2. The molecular weight excluding hydrogens is 407 g/mol. The van der Waals surface area contributed by atoms with Gasteiger partial charge in [0.25, 0.3) is 11.8 Å². The minimum absolute atomic E-state index is 0.0265. The van der Waals surface area contributed by atoms with Gasteiger partial charge in [0.1, 0.15) is 11.5 Å². The van der Waals surface area contributed by atoms with Crippen LogP contribution in [0.4, 0.5) is 19.0 Å². The minimum Gasteiger partial charge on any atom is -0.365 e. The van der Waals surface area contributed by atoms with Gasteiger partial charge in [0.15, 0.2) is 0 Å². The number of carbonyl (C=O) groups is 2. The van der Waals surface area contributed by atoms with Gasteiger partial charge in [-0.15, -0.1) is 0 Å². The minimum atomic E-state index is -4.51. The first-order chi connectivity index (χ1) is 14.4. The first kappa shape index (κ1) is 20.8. The van der Waals surface area contributed by atoms with Gasteiger partial charge < -0.3 is 5.32 Å². The molecule has 2 aromatic carbocycles. The average molecular weight is 427 g/mol. The normalized spacial score (nSPS) is 14.4. The maximum Gasteiger partial charge on any atom is 0.417 e. The second kappa shape index (κ2) is 6.80. The monoisotopic (exact) mass is 427 g/mol. The number of anilines is 1. The van der Waals surface area contributed by atoms with Crippen molar-refractivity contribution in [1.29, 1.82) is 0 Å². The smallest absolute Gasteiger partial charge is 0.365 e. The number of pyridine rings is 1. The summed E-state index contributed by atoms with van der Waals surface area (Å²) in [6, 6.07) is 10.0. The van der Waals surface area contributed by atoms with Crippen molar-refractivity contribution >= 4 is 28.4 Å². The van der Waals surface area contributed by atoms with Crippen LogP contribution in [-0.4, -0.2) is 34.3 Å². The lowest BCUT2D eigenvalue weighted by molar-refractivity contribution is -0.137. The SMILES string of the molecule is CN1C(=O)c2nc(NC(C)(C)C)c3cc(-c4ccccc4C(F)(F)F)ccc3c2C1=O. The number of hydrogen-bond donors (Lipinski definition) is 1. The predicted octanol–water partition coefficient (Wildman–Crippen LogP) is 5.36. The Morgan fingerprint density at radius 3 is 2.26 bits per heavy atom. The van der Waals surface area contributed by atoms with Gasteiger partial charge in [-0.25, -0.2) is 4.98 Å². The van der Waals surface area contributed by atoms with Crippen LogP contribution in [0.15, 0.2) is 42.5 Å². The van der Waals surface area contributed by atoms with Gasteiger partial charge in [0.05, 0.1) is 11.1 Å². The molecule has 0 saturated carbocycles. The van der Waals surface area contributed by atoms with Crippen molar-refractivity contribution in [2.45, 2.75) is 32.5 Å². The van der Waals surface area contributed by atoms with Gasteiger partial charge >= 0.3 is 6.18 Å². The Hall–Kier alpha value is -3.42. The number of rotatable bonds is 2. The molecule has 3 aromatic rings. The third kappa shape index (κ3) is 3.52. The fraction of sp³-hybridized carbons (Fsp3) is 0.261. The van der Waals surface area contributed by atoms with E-state index in [1.807, 2.05) is 20.8 Å². The number of halogens is 3. The zero-order valence-corrected chi connectivity index (χ0v) is 17.4. The summed E-state index contributed by atoms with van der Waals surface area (Å²) in [6.45, 7) is 5.70. The van der Waals surface area contributed by atoms with E-state index in [4.69, 9.17) is 0 Å². The molecule has 160 valence electrons. The molecule has 0 fully saturated rings. The first-order valence-corrected chi connectivity index (χ1v) is 9.63. The van der Waals surface area contributed by atoms with Crippen LogP contribution in [0, 0.1) is 0 Å². The number of imide groups is 1. The molecule has 5 nitrogen and oxygen atoms in total. The number of aromatic nitrogens is 1. The van der Waals surface area contributed by atoms with Crippen molar-refractivity contribution in [3.63, 3.8) is 0 Å². The Morgan fingerprint density at radius 1 is 0.935 bits per heavy atom. The molecule has 1 aliphatic heterocycles. The van der Waals surface area contributed by atoms with Crippen LogP contribution in [0.1, 0.15) is 47.2 Å². The number of nitrogens with zero attached hydrogens (tertiary/aromatic N) is 2. The van der Waals surface area contributed by atoms with E-state index in [0.717, 1.165) is 11.0 Å². The van der Waals surface area contributed by atoms with Gasteiger partial charge in [-0.1, -0.05) is 30.3 Å². The molecule has 0 unspecified atom stereocenters. The summed E-state index contributed by atoms with van der Waals surface area (Å²) in [5.74, 6) is -0.655. The zero-order chi connectivity index (χ0) is 22.7. The van der Waals surface area contributed by atoms with Crippen LogP contribution in [0.3, 0.4) is 0 Å². The topological polar surface area (TPSA) is 62.3 Å². The summed E-state index contributed by atoms with van der Waals surface area (Å²) in [5.41, 5.74) is -0.624. The van der Waals surface area contributed by atoms with Crippen LogP contribution in [0.2, 0.25) is 0 Å². The lowest BCUT2D eigenvalue weighted by atomic mass is 9.95. The lowest BCUT2D eigenvalue weighted by Crippen LogP contribution is -2.27. The van der Waals surface area contributed by atoms with Crippen LogP contribution in [-0.2, 0) is 6.18 Å². The van der Waals surface area contributed by atoms with E-state index in [2.05, 4.69) is 10.3 Å². The van der Waals surface area contributed by atoms with E-state index < -0.39 is 29.1 Å². The zero-order valence-electron chi connectivity index (χ0n) is 17.4. The second-order valence-electron chi connectivity index (χ2n) is 8.53. The standard InChI is InChI=1S/C23H20F3N3O2/c1-22(2,3)28-19-15-11-12(13-7-5-6-8-16(13)23(24,25)26)9-10-14(15)17-18(27-19)21(31)29(4)20(17)30/h5-11H,1-4H3,(H,27,28). The molecule has 0 bridgehead atoms. The lowest BCUT2D eigenvalue weighted by Gasteiger charge is -2.23. The van der Waals surface area contributed by atoms with Crippen molar-refractivity contribution in [2.75, 3.05) is 12.4 Å². The predicted molar refractivity (Wildman–Crippen MR) is 112 cm³/mol. The third-order valence-corrected chi connectivity index (χ3v) is 5.07. The van der Waals surface area contributed by atoms with Crippen molar-refractivity contribution in [3.05, 3.63) is 59.3 Å². The van der Waals surface area contributed by atoms with Gasteiger partial charge in [-0.2, -0.15) is 13.2 Å². The fourth-order valence-electron chi connectivity index (χ4n) is 3.70.